The number of hydrogen-bond donors (Lipinski definition) is 1. The molecule has 19 heavy (non-hydrogen) atoms. The van der Waals surface area contributed by atoms with Crippen molar-refractivity contribution in [3.63, 3.8) is 0 Å². The molecule has 1 aliphatic heterocycles. The van der Waals surface area contributed by atoms with Gasteiger partial charge in [0.1, 0.15) is 0 Å². The fraction of sp³-hybridized carbons (Fsp3) is 0.562. The van der Waals surface area contributed by atoms with Crippen molar-refractivity contribution < 1.29 is 4.79 Å². The van der Waals surface area contributed by atoms with Crippen LogP contribution in [0, 0.1) is 12.8 Å². The fourth-order valence-electron chi connectivity index (χ4n) is 2.79. The van der Waals surface area contributed by atoms with Gasteiger partial charge in [0.15, 0.2) is 0 Å². The van der Waals surface area contributed by atoms with Crippen LogP contribution in [0.1, 0.15) is 36.9 Å². The molecule has 1 heterocycles. The van der Waals surface area contributed by atoms with Crippen LogP contribution in [0.25, 0.3) is 0 Å². The minimum absolute atomic E-state index is 0.184. The van der Waals surface area contributed by atoms with Gasteiger partial charge in [0, 0.05) is 25.0 Å². The molecular formula is C16H24N2O. The fourth-order valence-corrected chi connectivity index (χ4v) is 2.79. The number of piperidine rings is 1. The molecule has 0 aromatic heterocycles. The zero-order chi connectivity index (χ0) is 13.8. The molecule has 0 bridgehead atoms. The van der Waals surface area contributed by atoms with E-state index in [1.54, 1.807) is 0 Å². The molecular weight excluding hydrogens is 236 g/mol. The summed E-state index contributed by atoms with van der Waals surface area (Å²) >= 11 is 0. The Bertz CT molecular complexity index is 444. The number of rotatable bonds is 4. The molecule has 0 aliphatic carbocycles. The van der Waals surface area contributed by atoms with Crippen molar-refractivity contribution in [3.8, 4) is 0 Å². The van der Waals surface area contributed by atoms with Crippen LogP contribution in [0.15, 0.2) is 24.3 Å². The van der Waals surface area contributed by atoms with Gasteiger partial charge in [-0.2, -0.15) is 0 Å². The summed E-state index contributed by atoms with van der Waals surface area (Å²) in [7, 11) is 1.96. The zero-order valence-electron chi connectivity index (χ0n) is 12.1. The number of nitrogens with one attached hydrogen (secondary N) is 1. The number of carbonyl (C=O) groups excluding carboxylic acids is 1. The summed E-state index contributed by atoms with van der Waals surface area (Å²) in [5.74, 6) is 0.489. The molecule has 1 fully saturated rings. The maximum Gasteiger partial charge on any atom is 0.225 e. The zero-order valence-corrected chi connectivity index (χ0v) is 12.1. The highest BCUT2D eigenvalue weighted by Gasteiger charge is 2.27. The van der Waals surface area contributed by atoms with Gasteiger partial charge in [-0.05, 0) is 32.4 Å². The van der Waals surface area contributed by atoms with Gasteiger partial charge in [0.2, 0.25) is 5.91 Å². The number of nitrogens with zero attached hydrogens (tertiary/aromatic N) is 1. The summed E-state index contributed by atoms with van der Waals surface area (Å²) in [5, 5.41) is 3.33. The van der Waals surface area contributed by atoms with Crippen LogP contribution in [0.2, 0.25) is 0 Å². The Balaban J connectivity index is 2.08. The molecule has 0 radical (unpaired) electrons. The van der Waals surface area contributed by atoms with Gasteiger partial charge >= 0.3 is 0 Å². The molecule has 104 valence electrons. The quantitative estimate of drug-likeness (QED) is 0.902. The predicted molar refractivity (Wildman–Crippen MR) is 78.0 cm³/mol. The molecule has 2 atom stereocenters. The normalized spacial score (nSPS) is 21.5. The Labute approximate surface area is 116 Å². The lowest BCUT2D eigenvalue weighted by Crippen LogP contribution is -2.44. The summed E-state index contributed by atoms with van der Waals surface area (Å²) in [6.45, 7) is 5.80. The third-order valence-electron chi connectivity index (χ3n) is 3.99. The van der Waals surface area contributed by atoms with E-state index in [4.69, 9.17) is 0 Å². The molecule has 1 aromatic carbocycles. The SMILES string of the molecule is CNC(CN1CCCC(C)C1=O)c1cccc(C)c1. The summed E-state index contributed by atoms with van der Waals surface area (Å²) in [6, 6.07) is 8.72. The topological polar surface area (TPSA) is 32.3 Å². The lowest BCUT2D eigenvalue weighted by molar-refractivity contribution is -0.138. The molecule has 0 spiro atoms. The van der Waals surface area contributed by atoms with Gasteiger partial charge < -0.3 is 10.2 Å². The Morgan fingerprint density at radius 1 is 1.47 bits per heavy atom. The number of likely N-dealkylation sites (tertiary alicyclic amines) is 1. The van der Waals surface area contributed by atoms with Crippen LogP contribution < -0.4 is 5.32 Å². The second-order valence-electron chi connectivity index (χ2n) is 5.58. The van der Waals surface area contributed by atoms with E-state index in [-0.39, 0.29) is 12.0 Å². The average Bonchev–Trinajstić information content (AvgIpc) is 2.40. The molecule has 1 amide bonds. The molecule has 2 unspecified atom stereocenters. The first-order valence-electron chi connectivity index (χ1n) is 7.14. The second-order valence-corrected chi connectivity index (χ2v) is 5.58. The van der Waals surface area contributed by atoms with E-state index in [2.05, 4.69) is 36.5 Å². The average molecular weight is 260 g/mol. The van der Waals surface area contributed by atoms with E-state index in [1.807, 2.05) is 18.9 Å². The van der Waals surface area contributed by atoms with Crippen molar-refractivity contribution in [1.29, 1.82) is 0 Å². The molecule has 3 nitrogen and oxygen atoms in total. The summed E-state index contributed by atoms with van der Waals surface area (Å²) in [6.07, 6.45) is 2.15. The monoisotopic (exact) mass is 260 g/mol. The molecule has 1 saturated heterocycles. The lowest BCUT2D eigenvalue weighted by atomic mass is 9.97. The smallest absolute Gasteiger partial charge is 0.225 e. The third kappa shape index (κ3) is 3.35. The largest absolute Gasteiger partial charge is 0.341 e. The van der Waals surface area contributed by atoms with E-state index in [0.29, 0.717) is 5.91 Å². The van der Waals surface area contributed by atoms with Crippen molar-refractivity contribution in [2.75, 3.05) is 20.1 Å². The number of benzene rings is 1. The number of likely N-dealkylation sites (N-methyl/N-ethyl adjacent to an activating group) is 1. The van der Waals surface area contributed by atoms with E-state index in [9.17, 15) is 4.79 Å². The Hall–Kier alpha value is -1.35. The number of aryl methyl sites for hydroxylation is 1. The number of carbonyl (C=O) groups is 1. The summed E-state index contributed by atoms with van der Waals surface area (Å²) in [4.78, 5) is 14.2. The van der Waals surface area contributed by atoms with Crippen LogP contribution in [-0.4, -0.2) is 30.9 Å². The minimum atomic E-state index is 0.184. The van der Waals surface area contributed by atoms with Gasteiger partial charge in [-0.3, -0.25) is 4.79 Å². The highest BCUT2D eigenvalue weighted by atomic mass is 16.2. The third-order valence-corrected chi connectivity index (χ3v) is 3.99. The molecule has 2 rings (SSSR count). The maximum atomic E-state index is 12.2. The van der Waals surface area contributed by atoms with Gasteiger partial charge in [0.05, 0.1) is 0 Å². The first kappa shape index (κ1) is 14.1. The van der Waals surface area contributed by atoms with Gasteiger partial charge in [-0.15, -0.1) is 0 Å². The van der Waals surface area contributed by atoms with Crippen molar-refractivity contribution in [1.82, 2.24) is 10.2 Å². The highest BCUT2D eigenvalue weighted by molar-refractivity contribution is 5.79. The molecule has 0 saturated carbocycles. The van der Waals surface area contributed by atoms with E-state index in [0.717, 1.165) is 25.9 Å². The van der Waals surface area contributed by atoms with Crippen LogP contribution in [-0.2, 0) is 4.79 Å². The van der Waals surface area contributed by atoms with E-state index < -0.39 is 0 Å². The minimum Gasteiger partial charge on any atom is -0.341 e. The van der Waals surface area contributed by atoms with Crippen LogP contribution in [0.5, 0.6) is 0 Å². The Morgan fingerprint density at radius 2 is 2.26 bits per heavy atom. The summed E-state index contributed by atoms with van der Waals surface area (Å²) in [5.41, 5.74) is 2.52. The first-order valence-corrected chi connectivity index (χ1v) is 7.14. The van der Waals surface area contributed by atoms with Crippen LogP contribution >= 0.6 is 0 Å². The maximum absolute atomic E-state index is 12.2. The first-order chi connectivity index (χ1) is 9.11. The van der Waals surface area contributed by atoms with Crippen LogP contribution in [0.3, 0.4) is 0 Å². The number of amides is 1. The van der Waals surface area contributed by atoms with E-state index >= 15 is 0 Å². The summed E-state index contributed by atoms with van der Waals surface area (Å²) < 4.78 is 0. The van der Waals surface area contributed by atoms with Gasteiger partial charge in [-0.1, -0.05) is 36.8 Å². The lowest BCUT2D eigenvalue weighted by Gasteiger charge is -2.33. The predicted octanol–water partition coefficient (Wildman–Crippen LogP) is 2.51. The van der Waals surface area contributed by atoms with E-state index in [1.165, 1.54) is 11.1 Å². The highest BCUT2D eigenvalue weighted by Crippen LogP contribution is 2.21. The molecule has 3 heteroatoms. The van der Waals surface area contributed by atoms with Crippen LogP contribution in [0.4, 0.5) is 0 Å². The standard InChI is InChI=1S/C16H24N2O/c1-12-6-4-8-14(10-12)15(17-3)11-18-9-5-7-13(2)16(18)19/h4,6,8,10,13,15,17H,5,7,9,11H2,1-3H3. The number of hydrogen-bond acceptors (Lipinski definition) is 2. The van der Waals surface area contributed by atoms with Crippen molar-refractivity contribution in [2.45, 2.75) is 32.7 Å². The van der Waals surface area contributed by atoms with Gasteiger partial charge in [0.25, 0.3) is 0 Å². The molecule has 1 aromatic rings. The molecule has 1 N–H and O–H groups in total. The molecule has 1 aliphatic rings. The van der Waals surface area contributed by atoms with Crippen molar-refractivity contribution >= 4 is 5.91 Å². The van der Waals surface area contributed by atoms with Gasteiger partial charge in [-0.25, -0.2) is 0 Å². The Kier molecular flexibility index (Phi) is 4.59. The van der Waals surface area contributed by atoms with Crippen molar-refractivity contribution in [2.24, 2.45) is 5.92 Å². The second kappa shape index (κ2) is 6.20. The Morgan fingerprint density at radius 3 is 2.95 bits per heavy atom. The van der Waals surface area contributed by atoms with Crippen molar-refractivity contribution in [3.05, 3.63) is 35.4 Å².